The Bertz CT molecular complexity index is 712. The molecule has 0 unspecified atom stereocenters. The molecule has 2 aromatic rings. The molecular formula is C13H11Cl2F2N3O. The fourth-order valence-electron chi connectivity index (χ4n) is 2.65. The molecular weight excluding hydrogens is 323 g/mol. The van der Waals surface area contributed by atoms with Crippen molar-refractivity contribution in [1.82, 2.24) is 14.8 Å². The molecule has 1 atom stereocenters. The number of phenols is 1. The van der Waals surface area contributed by atoms with Crippen LogP contribution in [0.1, 0.15) is 30.1 Å². The van der Waals surface area contributed by atoms with Gasteiger partial charge in [-0.05, 0) is 12.1 Å². The first-order valence-corrected chi connectivity index (χ1v) is 7.02. The molecule has 0 amide bonds. The van der Waals surface area contributed by atoms with Crippen LogP contribution >= 0.6 is 23.2 Å². The molecule has 0 spiro atoms. The first kappa shape index (κ1) is 14.5. The first-order valence-electron chi connectivity index (χ1n) is 6.26. The topological polar surface area (TPSA) is 50.9 Å². The van der Waals surface area contributed by atoms with E-state index in [0.717, 1.165) is 6.92 Å². The van der Waals surface area contributed by atoms with Gasteiger partial charge >= 0.3 is 5.92 Å². The number of halogens is 4. The van der Waals surface area contributed by atoms with Crippen LogP contribution in [0.5, 0.6) is 5.75 Å². The molecule has 0 radical (unpaired) electrons. The van der Waals surface area contributed by atoms with Gasteiger partial charge in [-0.3, -0.25) is 0 Å². The molecule has 1 aliphatic heterocycles. The van der Waals surface area contributed by atoms with E-state index in [2.05, 4.69) is 10.2 Å². The highest BCUT2D eigenvalue weighted by Gasteiger charge is 2.38. The highest BCUT2D eigenvalue weighted by molar-refractivity contribution is 6.42. The summed E-state index contributed by atoms with van der Waals surface area (Å²) < 4.78 is 28.3. The van der Waals surface area contributed by atoms with Crippen LogP contribution in [0.4, 0.5) is 8.78 Å². The Labute approximate surface area is 129 Å². The fourth-order valence-corrected chi connectivity index (χ4v) is 3.12. The van der Waals surface area contributed by atoms with E-state index in [1.807, 2.05) is 0 Å². The van der Waals surface area contributed by atoms with Crippen LogP contribution in [-0.4, -0.2) is 19.9 Å². The molecule has 1 N–H and O–H groups in total. The molecule has 8 heteroatoms. The quantitative estimate of drug-likeness (QED) is 0.910. The van der Waals surface area contributed by atoms with Gasteiger partial charge in [0.1, 0.15) is 11.6 Å². The Hall–Kier alpha value is -1.40. The summed E-state index contributed by atoms with van der Waals surface area (Å²) in [6.07, 6.45) is 0.372. The summed E-state index contributed by atoms with van der Waals surface area (Å²) in [5.74, 6) is -3.26. The van der Waals surface area contributed by atoms with Gasteiger partial charge in [-0.25, -0.2) is 0 Å². The molecule has 0 fully saturated rings. The predicted octanol–water partition coefficient (Wildman–Crippen LogP) is 3.74. The third kappa shape index (κ3) is 2.36. The van der Waals surface area contributed by atoms with Crippen molar-refractivity contribution >= 4 is 23.2 Å². The zero-order valence-corrected chi connectivity index (χ0v) is 12.5. The van der Waals surface area contributed by atoms with E-state index < -0.39 is 5.92 Å². The molecule has 1 aromatic heterocycles. The van der Waals surface area contributed by atoms with Crippen LogP contribution in [0, 0.1) is 0 Å². The second-order valence-electron chi connectivity index (χ2n) is 5.13. The summed E-state index contributed by atoms with van der Waals surface area (Å²) >= 11 is 12.1. The van der Waals surface area contributed by atoms with Crippen LogP contribution in [-0.2, 0) is 18.9 Å². The van der Waals surface area contributed by atoms with Gasteiger partial charge in [0, 0.05) is 31.4 Å². The minimum atomic E-state index is -3.07. The lowest BCUT2D eigenvalue weighted by molar-refractivity contribution is 0.00379. The molecule has 4 nitrogen and oxygen atoms in total. The normalized spacial score (nSPS) is 18.0. The first-order chi connectivity index (χ1) is 9.79. The van der Waals surface area contributed by atoms with Crippen LogP contribution in [0.3, 0.4) is 0 Å². The third-order valence-corrected chi connectivity index (χ3v) is 4.39. The second-order valence-corrected chi connectivity index (χ2v) is 5.92. The van der Waals surface area contributed by atoms with Crippen molar-refractivity contribution in [3.8, 4) is 5.75 Å². The smallest absolute Gasteiger partial charge is 0.304 e. The number of alkyl halides is 2. The van der Waals surface area contributed by atoms with Crippen molar-refractivity contribution in [1.29, 1.82) is 0 Å². The molecule has 1 aromatic carbocycles. The van der Waals surface area contributed by atoms with E-state index in [-0.39, 0.29) is 29.1 Å². The number of rotatable bonds is 2. The largest absolute Gasteiger partial charge is 0.508 e. The van der Waals surface area contributed by atoms with Crippen LogP contribution in [0.25, 0.3) is 0 Å². The van der Waals surface area contributed by atoms with Crippen LogP contribution in [0.15, 0.2) is 12.1 Å². The highest BCUT2D eigenvalue weighted by atomic mass is 35.5. The molecule has 0 bridgehead atoms. The van der Waals surface area contributed by atoms with Crippen molar-refractivity contribution in [2.24, 2.45) is 0 Å². The van der Waals surface area contributed by atoms with Crippen molar-refractivity contribution in [2.45, 2.75) is 31.7 Å². The van der Waals surface area contributed by atoms with Crippen molar-refractivity contribution in [2.75, 3.05) is 0 Å². The number of aromatic hydroxyl groups is 1. The minimum Gasteiger partial charge on any atom is -0.508 e. The summed E-state index contributed by atoms with van der Waals surface area (Å²) in [5.41, 5.74) is 0.458. The molecule has 0 saturated heterocycles. The SMILES string of the molecule is CC(F)(F)c1nnc2n1C[C@H](c1c(O)ccc(Cl)c1Cl)C2. The van der Waals surface area contributed by atoms with Crippen molar-refractivity contribution < 1.29 is 13.9 Å². The van der Waals surface area contributed by atoms with Crippen LogP contribution < -0.4 is 0 Å². The lowest BCUT2D eigenvalue weighted by atomic mass is 9.96. The lowest BCUT2D eigenvalue weighted by Gasteiger charge is -2.16. The maximum atomic E-state index is 13.5. The maximum Gasteiger partial charge on any atom is 0.304 e. The Balaban J connectivity index is 2.00. The van der Waals surface area contributed by atoms with Gasteiger partial charge in [-0.1, -0.05) is 23.2 Å². The molecule has 21 heavy (non-hydrogen) atoms. The van der Waals surface area contributed by atoms with E-state index in [1.165, 1.54) is 16.7 Å². The Morgan fingerprint density at radius 3 is 2.71 bits per heavy atom. The molecule has 112 valence electrons. The number of hydrogen-bond acceptors (Lipinski definition) is 3. The summed E-state index contributed by atoms with van der Waals surface area (Å²) in [7, 11) is 0. The third-order valence-electron chi connectivity index (χ3n) is 3.57. The molecule has 3 rings (SSSR count). The zero-order chi connectivity index (χ0) is 15.4. The molecule has 0 saturated carbocycles. The number of aromatic nitrogens is 3. The van der Waals surface area contributed by atoms with Crippen molar-refractivity contribution in [3.63, 3.8) is 0 Å². The van der Waals surface area contributed by atoms with E-state index in [1.54, 1.807) is 0 Å². The van der Waals surface area contributed by atoms with Gasteiger partial charge in [-0.15, -0.1) is 10.2 Å². The zero-order valence-electron chi connectivity index (χ0n) is 10.9. The molecule has 2 heterocycles. The predicted molar refractivity (Wildman–Crippen MR) is 74.2 cm³/mol. The number of hydrogen-bond donors (Lipinski definition) is 1. The number of nitrogens with zero attached hydrogens (tertiary/aromatic N) is 3. The van der Waals surface area contributed by atoms with Gasteiger partial charge in [-0.2, -0.15) is 8.78 Å². The van der Waals surface area contributed by atoms with E-state index >= 15 is 0 Å². The second kappa shape index (κ2) is 4.81. The van der Waals surface area contributed by atoms with Gasteiger partial charge in [0.05, 0.1) is 10.0 Å². The summed E-state index contributed by atoms with van der Waals surface area (Å²) in [5, 5.41) is 17.9. The summed E-state index contributed by atoms with van der Waals surface area (Å²) in [6.45, 7) is 1.01. The van der Waals surface area contributed by atoms with Gasteiger partial charge < -0.3 is 9.67 Å². The Kier molecular flexibility index (Phi) is 3.33. The Morgan fingerprint density at radius 2 is 2.05 bits per heavy atom. The minimum absolute atomic E-state index is 0.00193. The van der Waals surface area contributed by atoms with E-state index in [9.17, 15) is 13.9 Å². The van der Waals surface area contributed by atoms with Crippen LogP contribution in [0.2, 0.25) is 10.0 Å². The summed E-state index contributed by atoms with van der Waals surface area (Å²) in [6, 6.07) is 2.93. The number of benzene rings is 1. The van der Waals surface area contributed by atoms with Gasteiger partial charge in [0.15, 0.2) is 0 Å². The van der Waals surface area contributed by atoms with E-state index in [4.69, 9.17) is 23.2 Å². The highest BCUT2D eigenvalue weighted by Crippen LogP contribution is 2.42. The standard InChI is InChI=1S/C13H11Cl2F2N3O/c1-13(16,17)12-19-18-9-4-6(5-20(9)12)10-8(21)3-2-7(14)11(10)15/h2-3,6,21H,4-5H2,1H3/t6-/m1/s1. The van der Waals surface area contributed by atoms with E-state index in [0.29, 0.717) is 22.8 Å². The Morgan fingerprint density at radius 1 is 1.33 bits per heavy atom. The number of fused-ring (bicyclic) bond motifs is 1. The fraction of sp³-hybridized carbons (Fsp3) is 0.385. The maximum absolute atomic E-state index is 13.5. The lowest BCUT2D eigenvalue weighted by Crippen LogP contribution is -2.16. The number of phenolic OH excluding ortho intramolecular Hbond substituents is 1. The van der Waals surface area contributed by atoms with Gasteiger partial charge in [0.2, 0.25) is 5.82 Å². The van der Waals surface area contributed by atoms with Gasteiger partial charge in [0.25, 0.3) is 0 Å². The average Bonchev–Trinajstić information content (AvgIpc) is 2.92. The summed E-state index contributed by atoms with van der Waals surface area (Å²) in [4.78, 5) is 0. The molecule has 1 aliphatic rings. The monoisotopic (exact) mass is 333 g/mol. The average molecular weight is 334 g/mol. The van der Waals surface area contributed by atoms with Crippen molar-refractivity contribution in [3.05, 3.63) is 39.4 Å². The molecule has 0 aliphatic carbocycles.